The van der Waals surface area contributed by atoms with E-state index in [1.54, 1.807) is 6.26 Å². The Balaban J connectivity index is 2.18. The van der Waals surface area contributed by atoms with E-state index in [9.17, 15) is 0 Å². The molecule has 0 fully saturated rings. The Morgan fingerprint density at radius 3 is 2.78 bits per heavy atom. The number of rotatable bonds is 5. The molecule has 0 spiro atoms. The van der Waals surface area contributed by atoms with Gasteiger partial charge in [-0.1, -0.05) is 30.7 Å². The Morgan fingerprint density at radius 2 is 2.17 bits per heavy atom. The number of hydrogen-bond donors (Lipinski definition) is 1. The van der Waals surface area contributed by atoms with E-state index in [4.69, 9.17) is 16.0 Å². The minimum atomic E-state index is 0.171. The van der Waals surface area contributed by atoms with E-state index in [0.717, 1.165) is 29.3 Å². The number of aryl methyl sites for hydroxylation is 1. The van der Waals surface area contributed by atoms with Crippen molar-refractivity contribution in [2.75, 3.05) is 6.54 Å². The van der Waals surface area contributed by atoms with Crippen molar-refractivity contribution < 1.29 is 4.42 Å². The molecule has 2 nitrogen and oxygen atoms in total. The zero-order valence-electron chi connectivity index (χ0n) is 10.7. The molecule has 0 radical (unpaired) electrons. The second-order valence-corrected chi connectivity index (χ2v) is 4.83. The fourth-order valence-electron chi connectivity index (χ4n) is 2.05. The molecule has 0 saturated heterocycles. The van der Waals surface area contributed by atoms with Crippen LogP contribution >= 0.6 is 11.6 Å². The van der Waals surface area contributed by atoms with Crippen LogP contribution in [-0.2, 0) is 6.42 Å². The standard InChI is InChI=1S/C15H18ClNO/c1-3-17-14(15-5-4-8-18-15)10-12-7-6-11(2)9-13(12)16/h4-9,14,17H,3,10H2,1-2H3. The van der Waals surface area contributed by atoms with Crippen LogP contribution in [0, 0.1) is 6.92 Å². The molecular weight excluding hydrogens is 246 g/mol. The van der Waals surface area contributed by atoms with Gasteiger partial charge in [-0.2, -0.15) is 0 Å². The molecule has 96 valence electrons. The summed E-state index contributed by atoms with van der Waals surface area (Å²) in [6.07, 6.45) is 2.54. The van der Waals surface area contributed by atoms with Crippen LogP contribution in [0.1, 0.15) is 29.9 Å². The van der Waals surface area contributed by atoms with Gasteiger partial charge in [0.15, 0.2) is 0 Å². The molecule has 0 aliphatic carbocycles. The smallest absolute Gasteiger partial charge is 0.121 e. The third-order valence-electron chi connectivity index (χ3n) is 2.97. The highest BCUT2D eigenvalue weighted by atomic mass is 35.5. The molecule has 1 N–H and O–H groups in total. The van der Waals surface area contributed by atoms with Crippen LogP contribution in [0.2, 0.25) is 5.02 Å². The van der Waals surface area contributed by atoms with Crippen LogP contribution in [0.15, 0.2) is 41.0 Å². The topological polar surface area (TPSA) is 25.2 Å². The first-order chi connectivity index (χ1) is 8.70. The van der Waals surface area contributed by atoms with Crippen molar-refractivity contribution in [2.45, 2.75) is 26.3 Å². The van der Waals surface area contributed by atoms with Crippen LogP contribution in [-0.4, -0.2) is 6.54 Å². The lowest BCUT2D eigenvalue weighted by molar-refractivity contribution is 0.416. The third-order valence-corrected chi connectivity index (χ3v) is 3.32. The largest absolute Gasteiger partial charge is 0.468 e. The maximum Gasteiger partial charge on any atom is 0.121 e. The number of nitrogens with one attached hydrogen (secondary N) is 1. The summed E-state index contributed by atoms with van der Waals surface area (Å²) in [5, 5.41) is 4.25. The first-order valence-corrected chi connectivity index (χ1v) is 6.60. The van der Waals surface area contributed by atoms with Crippen molar-refractivity contribution in [2.24, 2.45) is 0 Å². The molecule has 2 aromatic rings. The van der Waals surface area contributed by atoms with Gasteiger partial charge >= 0.3 is 0 Å². The molecule has 0 aliphatic heterocycles. The Hall–Kier alpha value is -1.25. The summed E-state index contributed by atoms with van der Waals surface area (Å²) in [4.78, 5) is 0. The van der Waals surface area contributed by atoms with Gasteiger partial charge in [-0.25, -0.2) is 0 Å². The summed E-state index contributed by atoms with van der Waals surface area (Å²) in [5.74, 6) is 0.952. The van der Waals surface area contributed by atoms with E-state index >= 15 is 0 Å². The molecular formula is C15H18ClNO. The highest BCUT2D eigenvalue weighted by Gasteiger charge is 2.15. The first kappa shape index (κ1) is 13.2. The Bertz CT molecular complexity index is 493. The molecule has 1 atom stereocenters. The van der Waals surface area contributed by atoms with Crippen molar-refractivity contribution >= 4 is 11.6 Å². The normalized spacial score (nSPS) is 12.6. The van der Waals surface area contributed by atoms with E-state index in [1.807, 2.05) is 25.1 Å². The molecule has 2 rings (SSSR count). The minimum Gasteiger partial charge on any atom is -0.468 e. The molecule has 1 aromatic carbocycles. The predicted molar refractivity (Wildman–Crippen MR) is 75.0 cm³/mol. The minimum absolute atomic E-state index is 0.171. The maximum atomic E-state index is 6.28. The monoisotopic (exact) mass is 263 g/mol. The summed E-state index contributed by atoms with van der Waals surface area (Å²) in [7, 11) is 0. The summed E-state index contributed by atoms with van der Waals surface area (Å²) < 4.78 is 5.48. The van der Waals surface area contributed by atoms with Crippen molar-refractivity contribution in [1.82, 2.24) is 5.32 Å². The molecule has 1 unspecified atom stereocenters. The number of furan rings is 1. The van der Waals surface area contributed by atoms with Crippen molar-refractivity contribution in [1.29, 1.82) is 0 Å². The Labute approximate surface area is 113 Å². The average molecular weight is 264 g/mol. The van der Waals surface area contributed by atoms with E-state index in [2.05, 4.69) is 24.4 Å². The first-order valence-electron chi connectivity index (χ1n) is 6.22. The van der Waals surface area contributed by atoms with Crippen LogP contribution in [0.25, 0.3) is 0 Å². The summed E-state index contributed by atoms with van der Waals surface area (Å²) >= 11 is 6.28. The van der Waals surface area contributed by atoms with Crippen LogP contribution in [0.4, 0.5) is 0 Å². The summed E-state index contributed by atoms with van der Waals surface area (Å²) in [6.45, 7) is 5.03. The molecule has 0 bridgehead atoms. The lowest BCUT2D eigenvalue weighted by atomic mass is 10.0. The van der Waals surface area contributed by atoms with Crippen molar-refractivity contribution in [3.63, 3.8) is 0 Å². The van der Waals surface area contributed by atoms with Gasteiger partial charge in [0.05, 0.1) is 12.3 Å². The molecule has 0 amide bonds. The average Bonchev–Trinajstić information content (AvgIpc) is 2.85. The molecule has 1 aromatic heterocycles. The quantitative estimate of drug-likeness (QED) is 0.877. The molecule has 3 heteroatoms. The number of hydrogen-bond acceptors (Lipinski definition) is 2. The SMILES string of the molecule is CCNC(Cc1ccc(C)cc1Cl)c1ccco1. The predicted octanol–water partition coefficient (Wildman–Crippen LogP) is 4.13. The van der Waals surface area contributed by atoms with Gasteiger partial charge in [0.25, 0.3) is 0 Å². The number of benzene rings is 1. The van der Waals surface area contributed by atoms with Gasteiger partial charge in [0, 0.05) is 5.02 Å². The lowest BCUT2D eigenvalue weighted by Crippen LogP contribution is -2.22. The number of halogens is 1. The van der Waals surface area contributed by atoms with Crippen LogP contribution in [0.3, 0.4) is 0 Å². The van der Waals surface area contributed by atoms with Gasteiger partial charge < -0.3 is 9.73 Å². The van der Waals surface area contributed by atoms with Crippen LogP contribution in [0.5, 0.6) is 0 Å². The van der Waals surface area contributed by atoms with E-state index in [1.165, 1.54) is 5.56 Å². The van der Waals surface area contributed by atoms with Gasteiger partial charge in [-0.3, -0.25) is 0 Å². The highest BCUT2D eigenvalue weighted by Crippen LogP contribution is 2.24. The fraction of sp³-hybridized carbons (Fsp3) is 0.333. The maximum absolute atomic E-state index is 6.28. The molecule has 1 heterocycles. The lowest BCUT2D eigenvalue weighted by Gasteiger charge is -2.16. The molecule has 18 heavy (non-hydrogen) atoms. The second-order valence-electron chi connectivity index (χ2n) is 4.42. The highest BCUT2D eigenvalue weighted by molar-refractivity contribution is 6.31. The zero-order chi connectivity index (χ0) is 13.0. The van der Waals surface area contributed by atoms with E-state index in [-0.39, 0.29) is 6.04 Å². The van der Waals surface area contributed by atoms with E-state index < -0.39 is 0 Å². The summed E-state index contributed by atoms with van der Waals surface area (Å²) in [6, 6.07) is 10.3. The summed E-state index contributed by atoms with van der Waals surface area (Å²) in [5.41, 5.74) is 2.33. The van der Waals surface area contributed by atoms with E-state index in [0.29, 0.717) is 0 Å². The van der Waals surface area contributed by atoms with Gasteiger partial charge in [0.2, 0.25) is 0 Å². The zero-order valence-corrected chi connectivity index (χ0v) is 11.5. The third kappa shape index (κ3) is 3.15. The second kappa shape index (κ2) is 6.07. The van der Waals surface area contributed by atoms with Gasteiger partial charge in [-0.15, -0.1) is 0 Å². The fourth-order valence-corrected chi connectivity index (χ4v) is 2.36. The Kier molecular flexibility index (Phi) is 4.45. The van der Waals surface area contributed by atoms with Gasteiger partial charge in [0.1, 0.15) is 5.76 Å². The number of likely N-dealkylation sites (N-methyl/N-ethyl adjacent to an activating group) is 1. The van der Waals surface area contributed by atoms with Crippen LogP contribution < -0.4 is 5.32 Å². The molecule has 0 aliphatic rings. The van der Waals surface area contributed by atoms with Crippen molar-refractivity contribution in [3.8, 4) is 0 Å². The van der Waals surface area contributed by atoms with Gasteiger partial charge in [-0.05, 0) is 49.2 Å². The Morgan fingerprint density at radius 1 is 1.33 bits per heavy atom. The van der Waals surface area contributed by atoms with Crippen molar-refractivity contribution in [3.05, 3.63) is 58.5 Å². The molecule has 0 saturated carbocycles.